The molecule has 0 aliphatic carbocycles. The van der Waals surface area contributed by atoms with E-state index >= 15 is 0 Å². The molecule has 8 heteroatoms. The van der Waals surface area contributed by atoms with Crippen molar-refractivity contribution in [3.05, 3.63) is 106 Å². The lowest BCUT2D eigenvalue weighted by Gasteiger charge is -2.25. The molecule has 0 saturated heterocycles. The fourth-order valence-corrected chi connectivity index (χ4v) is 4.36. The number of nitrogens with one attached hydrogen (secondary N) is 1. The Morgan fingerprint density at radius 2 is 1.83 bits per heavy atom. The smallest absolute Gasteiger partial charge is 0.244 e. The van der Waals surface area contributed by atoms with Gasteiger partial charge < -0.3 is 19.9 Å². The number of nitrogens with two attached hydrogens (primary N) is 1. The zero-order chi connectivity index (χ0) is 25.1. The number of aromatic amines is 1. The molecule has 0 saturated carbocycles. The zero-order valence-electron chi connectivity index (χ0n) is 19.5. The van der Waals surface area contributed by atoms with Crippen LogP contribution in [-0.2, 0) is 6.61 Å². The number of H-pyrrole nitrogens is 1. The topological polar surface area (TPSA) is 106 Å². The molecule has 5 rings (SSSR count). The van der Waals surface area contributed by atoms with Crippen LogP contribution in [-0.4, -0.2) is 16.8 Å². The summed E-state index contributed by atoms with van der Waals surface area (Å²) in [4.78, 5) is 0. The van der Waals surface area contributed by atoms with Crippen LogP contribution in [0.1, 0.15) is 29.5 Å². The predicted molar refractivity (Wildman–Crippen MR) is 137 cm³/mol. The first-order valence-corrected chi connectivity index (χ1v) is 11.8. The maximum atomic E-state index is 10.0. The van der Waals surface area contributed by atoms with E-state index in [1.54, 1.807) is 0 Å². The van der Waals surface area contributed by atoms with Crippen LogP contribution in [0.15, 0.2) is 84.3 Å². The van der Waals surface area contributed by atoms with Gasteiger partial charge in [0.15, 0.2) is 11.5 Å². The van der Waals surface area contributed by atoms with Crippen molar-refractivity contribution in [2.45, 2.75) is 19.4 Å². The van der Waals surface area contributed by atoms with E-state index in [4.69, 9.17) is 31.5 Å². The molecular weight excluding hydrogens is 476 g/mol. The molecule has 3 aromatic carbocycles. The van der Waals surface area contributed by atoms with Crippen LogP contribution in [0.4, 0.5) is 0 Å². The highest BCUT2D eigenvalue weighted by molar-refractivity contribution is 6.30. The van der Waals surface area contributed by atoms with E-state index in [0.717, 1.165) is 27.9 Å². The fraction of sp³-hybridized carbons (Fsp3) is 0.143. The molecule has 1 aromatic heterocycles. The summed E-state index contributed by atoms with van der Waals surface area (Å²) in [5, 5.41) is 18.1. The predicted octanol–water partition coefficient (Wildman–Crippen LogP) is 5.93. The number of aromatic nitrogens is 2. The number of fused-ring (bicyclic) bond motifs is 1. The summed E-state index contributed by atoms with van der Waals surface area (Å²) in [5.74, 6) is 1.03. The highest BCUT2D eigenvalue weighted by atomic mass is 35.5. The number of ether oxygens (including phenoxy) is 3. The third-order valence-corrected chi connectivity index (χ3v) is 6.16. The lowest BCUT2D eigenvalue weighted by molar-refractivity contribution is 0.269. The second-order valence-corrected chi connectivity index (χ2v) is 8.60. The maximum Gasteiger partial charge on any atom is 0.244 e. The van der Waals surface area contributed by atoms with Gasteiger partial charge in [0.05, 0.1) is 23.8 Å². The molecule has 3 N–H and O–H groups in total. The molecule has 1 aliphatic heterocycles. The van der Waals surface area contributed by atoms with Gasteiger partial charge in [0.2, 0.25) is 11.8 Å². The van der Waals surface area contributed by atoms with Crippen LogP contribution in [0.5, 0.6) is 17.4 Å². The van der Waals surface area contributed by atoms with Gasteiger partial charge in [0.1, 0.15) is 18.2 Å². The van der Waals surface area contributed by atoms with Gasteiger partial charge in [0.25, 0.3) is 0 Å². The SMILES string of the molecule is CCOc1cc([C@H]2C(C#N)=C(N)Oc3n[nH]c(-c4ccccc4)c32)ccc1OCc1ccc(Cl)cc1. The monoisotopic (exact) mass is 498 g/mol. The van der Waals surface area contributed by atoms with Crippen molar-refractivity contribution in [1.29, 1.82) is 5.26 Å². The Kier molecular flexibility index (Phi) is 6.52. The van der Waals surface area contributed by atoms with Crippen LogP contribution in [0.3, 0.4) is 0 Å². The van der Waals surface area contributed by atoms with Crippen molar-refractivity contribution in [1.82, 2.24) is 10.2 Å². The number of nitrogens with zero attached hydrogens (tertiary/aromatic N) is 2. The minimum absolute atomic E-state index is 0.0298. The number of hydrogen-bond acceptors (Lipinski definition) is 6. The molecule has 7 nitrogen and oxygen atoms in total. The summed E-state index contributed by atoms with van der Waals surface area (Å²) in [5.41, 5.74) is 10.7. The van der Waals surface area contributed by atoms with E-state index in [-0.39, 0.29) is 5.88 Å². The average molecular weight is 499 g/mol. The quantitative estimate of drug-likeness (QED) is 0.327. The Morgan fingerprint density at radius 1 is 1.06 bits per heavy atom. The summed E-state index contributed by atoms with van der Waals surface area (Å²) < 4.78 is 17.7. The van der Waals surface area contributed by atoms with Crippen molar-refractivity contribution >= 4 is 11.6 Å². The summed E-state index contributed by atoms with van der Waals surface area (Å²) in [6.07, 6.45) is 0. The third-order valence-electron chi connectivity index (χ3n) is 5.91. The summed E-state index contributed by atoms with van der Waals surface area (Å²) >= 11 is 5.99. The molecule has 1 atom stereocenters. The highest BCUT2D eigenvalue weighted by Gasteiger charge is 2.36. The first kappa shape index (κ1) is 23.3. The van der Waals surface area contributed by atoms with Gasteiger partial charge in [-0.3, -0.25) is 5.10 Å². The number of allylic oxidation sites excluding steroid dienone is 1. The van der Waals surface area contributed by atoms with E-state index in [2.05, 4.69) is 16.3 Å². The van der Waals surface area contributed by atoms with Crippen molar-refractivity contribution in [3.8, 4) is 34.7 Å². The Balaban J connectivity index is 1.55. The van der Waals surface area contributed by atoms with E-state index in [1.165, 1.54) is 0 Å². The van der Waals surface area contributed by atoms with Gasteiger partial charge in [-0.15, -0.1) is 5.10 Å². The second-order valence-electron chi connectivity index (χ2n) is 8.16. The first-order chi connectivity index (χ1) is 17.6. The molecule has 0 bridgehead atoms. The molecule has 0 spiro atoms. The number of benzene rings is 3. The van der Waals surface area contributed by atoms with Crippen molar-refractivity contribution in [3.63, 3.8) is 0 Å². The average Bonchev–Trinajstić information content (AvgIpc) is 3.32. The minimum atomic E-state index is -0.503. The highest BCUT2D eigenvalue weighted by Crippen LogP contribution is 2.47. The Labute approximate surface area is 213 Å². The van der Waals surface area contributed by atoms with Crippen LogP contribution < -0.4 is 19.9 Å². The molecule has 36 heavy (non-hydrogen) atoms. The molecule has 2 heterocycles. The molecule has 180 valence electrons. The number of halogens is 1. The number of rotatable bonds is 7. The largest absolute Gasteiger partial charge is 0.490 e. The molecule has 0 radical (unpaired) electrons. The van der Waals surface area contributed by atoms with E-state index in [0.29, 0.717) is 41.2 Å². The van der Waals surface area contributed by atoms with Gasteiger partial charge in [-0.05, 0) is 47.9 Å². The summed E-state index contributed by atoms with van der Waals surface area (Å²) in [7, 11) is 0. The fourth-order valence-electron chi connectivity index (χ4n) is 4.24. The normalized spacial score (nSPS) is 14.5. The number of hydrogen-bond donors (Lipinski definition) is 2. The Hall–Kier alpha value is -4.41. The Bertz CT molecular complexity index is 1460. The van der Waals surface area contributed by atoms with E-state index in [1.807, 2.05) is 79.7 Å². The Morgan fingerprint density at radius 3 is 2.56 bits per heavy atom. The molecule has 0 amide bonds. The zero-order valence-corrected chi connectivity index (χ0v) is 20.3. The van der Waals surface area contributed by atoms with Crippen molar-refractivity contribution < 1.29 is 14.2 Å². The minimum Gasteiger partial charge on any atom is -0.490 e. The molecule has 0 unspecified atom stereocenters. The maximum absolute atomic E-state index is 10.0. The van der Waals surface area contributed by atoms with Crippen LogP contribution in [0.25, 0.3) is 11.3 Å². The lowest BCUT2D eigenvalue weighted by atomic mass is 9.83. The van der Waals surface area contributed by atoms with E-state index in [9.17, 15) is 5.26 Å². The standard InChI is InChI=1S/C28H23ClN4O3/c1-2-34-23-14-19(10-13-22(23)35-16-17-8-11-20(29)12-9-17)24-21(15-30)27(31)36-28-25(24)26(32-33-28)18-6-4-3-5-7-18/h3-14,24H,2,16,31H2,1H3,(H,32,33)/t24-/m0/s1. The van der Waals surface area contributed by atoms with E-state index < -0.39 is 5.92 Å². The van der Waals surface area contributed by atoms with Crippen molar-refractivity contribution in [2.24, 2.45) is 5.73 Å². The van der Waals surface area contributed by atoms with Gasteiger partial charge in [0, 0.05) is 5.02 Å². The van der Waals surface area contributed by atoms with Gasteiger partial charge >= 0.3 is 0 Å². The third kappa shape index (κ3) is 4.47. The molecular formula is C28H23ClN4O3. The second kappa shape index (κ2) is 10.1. The van der Waals surface area contributed by atoms with Crippen LogP contribution in [0.2, 0.25) is 5.02 Å². The van der Waals surface area contributed by atoms with Crippen LogP contribution in [0, 0.1) is 11.3 Å². The van der Waals surface area contributed by atoms with Crippen molar-refractivity contribution in [2.75, 3.05) is 6.61 Å². The first-order valence-electron chi connectivity index (χ1n) is 11.4. The van der Waals surface area contributed by atoms with Gasteiger partial charge in [-0.25, -0.2) is 0 Å². The van der Waals surface area contributed by atoms with Gasteiger partial charge in [-0.2, -0.15) is 5.26 Å². The van der Waals surface area contributed by atoms with Gasteiger partial charge in [-0.1, -0.05) is 60.1 Å². The van der Waals surface area contributed by atoms with Crippen LogP contribution >= 0.6 is 11.6 Å². The summed E-state index contributed by atoms with van der Waals surface area (Å²) in [6, 6.07) is 25.1. The molecule has 1 aliphatic rings. The molecule has 4 aromatic rings. The summed E-state index contributed by atoms with van der Waals surface area (Å²) in [6.45, 7) is 2.71. The molecule has 0 fully saturated rings. The lowest BCUT2D eigenvalue weighted by Crippen LogP contribution is -2.21. The number of nitriles is 1.